The second kappa shape index (κ2) is 4.26. The van der Waals surface area contributed by atoms with Gasteiger partial charge in [-0.15, -0.1) is 0 Å². The Bertz CT molecular complexity index is 454. The van der Waals surface area contributed by atoms with E-state index in [4.69, 9.17) is 4.74 Å². The Hall–Kier alpha value is -1.04. The number of fused-ring (bicyclic) bond motifs is 2. The summed E-state index contributed by atoms with van der Waals surface area (Å²) in [5.74, 6) is -0.334. The van der Waals surface area contributed by atoms with E-state index in [0.717, 1.165) is 0 Å². The molecule has 3 rings (SSSR count). The highest BCUT2D eigenvalue weighted by Gasteiger charge is 2.43. The lowest BCUT2D eigenvalue weighted by molar-refractivity contribution is -0.0824. The van der Waals surface area contributed by atoms with Gasteiger partial charge in [0.25, 0.3) is 0 Å². The molecule has 1 aromatic rings. The Labute approximate surface area is 105 Å². The van der Waals surface area contributed by atoms with Crippen LogP contribution in [0.4, 0.5) is 4.39 Å². The molecule has 18 heavy (non-hydrogen) atoms. The maximum absolute atomic E-state index is 13.2. The Balaban J connectivity index is 1.91. The van der Waals surface area contributed by atoms with Gasteiger partial charge in [0.15, 0.2) is 0 Å². The molecule has 2 bridgehead atoms. The van der Waals surface area contributed by atoms with Gasteiger partial charge < -0.3 is 15.2 Å². The van der Waals surface area contributed by atoms with Gasteiger partial charge >= 0.3 is 0 Å². The van der Waals surface area contributed by atoms with E-state index in [1.807, 2.05) is 0 Å². The number of piperidine rings is 1. The van der Waals surface area contributed by atoms with Crippen LogP contribution in [0.5, 0.6) is 0 Å². The van der Waals surface area contributed by atoms with Crippen LogP contribution in [0.3, 0.4) is 0 Å². The normalized spacial score (nSPS) is 35.5. The molecule has 5 heteroatoms. The molecule has 0 amide bonds. The number of aliphatic hydroxyl groups is 1. The zero-order valence-corrected chi connectivity index (χ0v) is 10.3. The molecule has 2 N–H and O–H groups in total. The van der Waals surface area contributed by atoms with Crippen LogP contribution in [0.25, 0.3) is 0 Å². The lowest BCUT2D eigenvalue weighted by Crippen LogP contribution is -2.58. The molecule has 2 saturated heterocycles. The number of ether oxygens (including phenoxy) is 1. The highest BCUT2D eigenvalue weighted by atomic mass is 19.1. The third kappa shape index (κ3) is 2.02. The van der Waals surface area contributed by atoms with Gasteiger partial charge in [-0.3, -0.25) is 4.98 Å². The van der Waals surface area contributed by atoms with Crippen molar-refractivity contribution in [1.29, 1.82) is 0 Å². The molecule has 2 unspecified atom stereocenters. The highest BCUT2D eigenvalue weighted by molar-refractivity contribution is 5.20. The first-order valence-corrected chi connectivity index (χ1v) is 6.27. The molecule has 2 atom stereocenters. The molecule has 0 spiro atoms. The number of hydrogen-bond acceptors (Lipinski definition) is 4. The van der Waals surface area contributed by atoms with Crippen LogP contribution < -0.4 is 5.32 Å². The minimum absolute atomic E-state index is 0.148. The molecule has 2 aliphatic heterocycles. The number of nitrogens with one attached hydrogen (secondary N) is 1. The first kappa shape index (κ1) is 12.0. The molecule has 1 aromatic heterocycles. The lowest BCUT2D eigenvalue weighted by atomic mass is 9.80. The van der Waals surface area contributed by atoms with Gasteiger partial charge in [0, 0.05) is 12.1 Å². The molecule has 0 radical (unpaired) electrons. The number of nitrogens with zero attached hydrogens (tertiary/aromatic N) is 1. The fourth-order valence-corrected chi connectivity index (χ4v) is 2.93. The van der Waals surface area contributed by atoms with Crippen LogP contribution in [0.2, 0.25) is 0 Å². The number of rotatable bonds is 1. The molecular weight excluding hydrogens is 235 g/mol. The average Bonchev–Trinajstić information content (AvgIpc) is 2.32. The summed E-state index contributed by atoms with van der Waals surface area (Å²) in [5, 5.41) is 14.2. The van der Waals surface area contributed by atoms with Crippen LogP contribution in [-0.2, 0) is 10.3 Å². The van der Waals surface area contributed by atoms with E-state index in [2.05, 4.69) is 10.3 Å². The number of halogens is 1. The second-order valence-corrected chi connectivity index (χ2v) is 5.30. The summed E-state index contributed by atoms with van der Waals surface area (Å²) in [4.78, 5) is 4.20. The number of morpholine rings is 1. The molecule has 0 saturated carbocycles. The van der Waals surface area contributed by atoms with Crippen LogP contribution in [0.15, 0.2) is 12.1 Å². The Morgan fingerprint density at radius 2 is 2.06 bits per heavy atom. The minimum Gasteiger partial charge on any atom is -0.383 e. The van der Waals surface area contributed by atoms with Gasteiger partial charge in [-0.25, -0.2) is 4.39 Å². The number of aryl methyl sites for hydroxylation is 1. The first-order chi connectivity index (χ1) is 8.57. The van der Waals surface area contributed by atoms with Crippen LogP contribution >= 0.6 is 0 Å². The van der Waals surface area contributed by atoms with E-state index in [9.17, 15) is 9.50 Å². The summed E-state index contributed by atoms with van der Waals surface area (Å²) in [5.41, 5.74) is -0.0660. The third-order valence-corrected chi connectivity index (χ3v) is 3.78. The Morgan fingerprint density at radius 3 is 2.67 bits per heavy atom. The largest absolute Gasteiger partial charge is 0.383 e. The van der Waals surface area contributed by atoms with Gasteiger partial charge in [-0.2, -0.15) is 0 Å². The van der Waals surface area contributed by atoms with E-state index in [-0.39, 0.29) is 17.9 Å². The number of pyridine rings is 1. The van der Waals surface area contributed by atoms with Crippen LogP contribution in [0, 0.1) is 12.7 Å². The quantitative estimate of drug-likeness (QED) is 0.778. The van der Waals surface area contributed by atoms with Crippen LogP contribution in [-0.4, -0.2) is 35.4 Å². The predicted molar refractivity (Wildman–Crippen MR) is 63.6 cm³/mol. The van der Waals surface area contributed by atoms with E-state index < -0.39 is 5.60 Å². The highest BCUT2D eigenvalue weighted by Crippen LogP contribution is 2.35. The zero-order chi connectivity index (χ0) is 12.8. The third-order valence-electron chi connectivity index (χ3n) is 3.78. The maximum Gasteiger partial charge on any atom is 0.144 e. The van der Waals surface area contributed by atoms with E-state index in [1.165, 1.54) is 6.07 Å². The van der Waals surface area contributed by atoms with E-state index >= 15 is 0 Å². The van der Waals surface area contributed by atoms with Crippen molar-refractivity contribution in [2.75, 3.05) is 13.2 Å². The van der Waals surface area contributed by atoms with Crippen molar-refractivity contribution in [3.05, 3.63) is 29.3 Å². The first-order valence-electron chi connectivity index (χ1n) is 6.27. The van der Waals surface area contributed by atoms with Crippen molar-refractivity contribution in [2.45, 2.75) is 37.5 Å². The standard InChI is InChI=1S/C13H17FN2O2/c1-8-11(14)2-3-12(15-8)13(17)4-9-6-18-7-10(5-13)16-9/h2-3,9-10,16-17H,4-7H2,1H3. The maximum atomic E-state index is 13.2. The predicted octanol–water partition coefficient (Wildman–Crippen LogP) is 0.868. The Morgan fingerprint density at radius 1 is 1.39 bits per heavy atom. The summed E-state index contributed by atoms with van der Waals surface area (Å²) in [6.07, 6.45) is 1.11. The number of aromatic nitrogens is 1. The molecule has 98 valence electrons. The van der Waals surface area contributed by atoms with Crippen LogP contribution in [0.1, 0.15) is 24.2 Å². The number of hydrogen-bond donors (Lipinski definition) is 2. The summed E-state index contributed by atoms with van der Waals surface area (Å²) >= 11 is 0. The molecule has 2 aliphatic rings. The van der Waals surface area contributed by atoms with Gasteiger partial charge in [-0.1, -0.05) is 0 Å². The average molecular weight is 252 g/mol. The monoisotopic (exact) mass is 252 g/mol. The lowest BCUT2D eigenvalue weighted by Gasteiger charge is -2.44. The zero-order valence-electron chi connectivity index (χ0n) is 10.3. The van der Waals surface area contributed by atoms with E-state index in [0.29, 0.717) is 37.4 Å². The summed E-state index contributed by atoms with van der Waals surface area (Å²) in [6.45, 7) is 2.84. The smallest absolute Gasteiger partial charge is 0.144 e. The second-order valence-electron chi connectivity index (χ2n) is 5.30. The van der Waals surface area contributed by atoms with Gasteiger partial charge in [0.1, 0.15) is 11.4 Å². The summed E-state index contributed by atoms with van der Waals surface area (Å²) in [7, 11) is 0. The topological polar surface area (TPSA) is 54.4 Å². The molecule has 2 fully saturated rings. The van der Waals surface area contributed by atoms with Gasteiger partial charge in [0.2, 0.25) is 0 Å². The van der Waals surface area contributed by atoms with E-state index in [1.54, 1.807) is 13.0 Å². The van der Waals surface area contributed by atoms with Gasteiger partial charge in [-0.05, 0) is 31.9 Å². The van der Waals surface area contributed by atoms with Crippen molar-refractivity contribution in [3.63, 3.8) is 0 Å². The minimum atomic E-state index is -0.969. The Kier molecular flexibility index (Phi) is 2.84. The van der Waals surface area contributed by atoms with Crippen molar-refractivity contribution < 1.29 is 14.2 Å². The molecular formula is C13H17FN2O2. The molecule has 0 aromatic carbocycles. The fraction of sp³-hybridized carbons (Fsp3) is 0.615. The molecule has 4 nitrogen and oxygen atoms in total. The fourth-order valence-electron chi connectivity index (χ4n) is 2.93. The van der Waals surface area contributed by atoms with Crippen molar-refractivity contribution >= 4 is 0 Å². The van der Waals surface area contributed by atoms with Crippen molar-refractivity contribution in [2.24, 2.45) is 0 Å². The van der Waals surface area contributed by atoms with Gasteiger partial charge in [0.05, 0.1) is 24.6 Å². The molecule has 0 aliphatic carbocycles. The summed E-state index contributed by atoms with van der Waals surface area (Å²) in [6, 6.07) is 3.26. The molecule has 3 heterocycles. The van der Waals surface area contributed by atoms with Crippen molar-refractivity contribution in [3.8, 4) is 0 Å². The van der Waals surface area contributed by atoms with Crippen molar-refractivity contribution in [1.82, 2.24) is 10.3 Å². The summed E-state index contributed by atoms with van der Waals surface area (Å²) < 4.78 is 18.7. The SMILES string of the molecule is Cc1nc(C2(O)CC3COCC(C2)N3)ccc1F.